The minimum Gasteiger partial charge on any atom is -0.481 e. The van der Waals surface area contributed by atoms with E-state index in [1.807, 2.05) is 29.9 Å². The highest BCUT2D eigenvalue weighted by atomic mass is 16.5. The lowest BCUT2D eigenvalue weighted by Gasteiger charge is -2.06. The Bertz CT molecular complexity index is 455. The quantitative estimate of drug-likeness (QED) is 0.763. The summed E-state index contributed by atoms with van der Waals surface area (Å²) >= 11 is 0. The molecule has 0 saturated carbocycles. The molecule has 0 unspecified atom stereocenters. The van der Waals surface area contributed by atoms with Crippen molar-refractivity contribution in [3.8, 4) is 0 Å². The van der Waals surface area contributed by atoms with Crippen LogP contribution in [0.15, 0.2) is 35.3 Å². The Hall–Kier alpha value is -1.84. The number of aliphatic imine (C=N–C) groups is 1. The zero-order valence-corrected chi connectivity index (χ0v) is 9.55. The van der Waals surface area contributed by atoms with Crippen molar-refractivity contribution in [2.24, 2.45) is 4.99 Å². The largest absolute Gasteiger partial charge is 0.481 e. The number of hydrogen-bond donors (Lipinski definition) is 0. The molecule has 0 fully saturated rings. The second kappa shape index (κ2) is 4.79. The van der Waals surface area contributed by atoms with E-state index in [1.165, 1.54) is 0 Å². The Morgan fingerprint density at radius 1 is 1.31 bits per heavy atom. The van der Waals surface area contributed by atoms with Gasteiger partial charge in [0.05, 0.1) is 24.7 Å². The first-order valence-electron chi connectivity index (χ1n) is 5.30. The molecule has 0 aliphatic carbocycles. The number of ether oxygens (including phenoxy) is 1. The molecule has 2 heterocycles. The maximum absolute atomic E-state index is 5.12. The van der Waals surface area contributed by atoms with Crippen LogP contribution in [-0.2, 0) is 4.74 Å². The molecule has 4 heteroatoms. The molecule has 0 N–H and O–H groups in total. The standard InChI is InChI=1S/C12H15N3O/c1-10-7-8-15(14-10)11-5-3-4-6-12(16-2)13-9-11/h5-9H,3-4H2,1-2H3/b11-5-,12-6+,13-9-. The second-order valence-corrected chi connectivity index (χ2v) is 3.61. The summed E-state index contributed by atoms with van der Waals surface area (Å²) in [5.41, 5.74) is 1.98. The van der Waals surface area contributed by atoms with E-state index >= 15 is 0 Å². The maximum Gasteiger partial charge on any atom is 0.208 e. The van der Waals surface area contributed by atoms with Gasteiger partial charge in [-0.3, -0.25) is 0 Å². The normalized spacial score (nSPS) is 24.6. The monoisotopic (exact) mass is 217 g/mol. The summed E-state index contributed by atoms with van der Waals surface area (Å²) in [6, 6.07) is 1.97. The van der Waals surface area contributed by atoms with Crippen molar-refractivity contribution in [2.45, 2.75) is 19.8 Å². The van der Waals surface area contributed by atoms with Crippen LogP contribution in [0.25, 0.3) is 5.70 Å². The molecule has 1 aliphatic rings. The lowest BCUT2D eigenvalue weighted by Crippen LogP contribution is -2.01. The van der Waals surface area contributed by atoms with E-state index in [0.717, 1.165) is 24.2 Å². The van der Waals surface area contributed by atoms with Crippen molar-refractivity contribution < 1.29 is 4.74 Å². The van der Waals surface area contributed by atoms with Crippen LogP contribution in [0.1, 0.15) is 18.5 Å². The molecule has 1 aromatic heterocycles. The molecule has 0 radical (unpaired) electrons. The average Bonchev–Trinajstić information content (AvgIpc) is 2.65. The Labute approximate surface area is 94.9 Å². The number of hydrogen-bond acceptors (Lipinski definition) is 3. The fourth-order valence-electron chi connectivity index (χ4n) is 1.52. The second-order valence-electron chi connectivity index (χ2n) is 3.61. The third-order valence-electron chi connectivity index (χ3n) is 2.36. The lowest BCUT2D eigenvalue weighted by molar-refractivity contribution is 0.287. The third-order valence-corrected chi connectivity index (χ3v) is 2.36. The minimum absolute atomic E-state index is 0.662. The molecule has 16 heavy (non-hydrogen) atoms. The zero-order valence-electron chi connectivity index (χ0n) is 9.55. The van der Waals surface area contributed by atoms with Gasteiger partial charge in [-0.25, -0.2) is 9.67 Å². The van der Waals surface area contributed by atoms with Gasteiger partial charge in [0.2, 0.25) is 5.88 Å². The summed E-state index contributed by atoms with van der Waals surface area (Å²) < 4.78 is 6.95. The Morgan fingerprint density at radius 2 is 2.12 bits per heavy atom. The van der Waals surface area contributed by atoms with Gasteiger partial charge >= 0.3 is 0 Å². The third kappa shape index (κ3) is 2.39. The van der Waals surface area contributed by atoms with Crippen LogP contribution in [-0.4, -0.2) is 23.1 Å². The minimum atomic E-state index is 0.662. The van der Waals surface area contributed by atoms with E-state index in [1.54, 1.807) is 13.3 Å². The van der Waals surface area contributed by atoms with Gasteiger partial charge < -0.3 is 4.74 Å². The van der Waals surface area contributed by atoms with Gasteiger partial charge in [0.25, 0.3) is 0 Å². The van der Waals surface area contributed by atoms with Gasteiger partial charge in [-0.1, -0.05) is 6.08 Å². The van der Waals surface area contributed by atoms with Gasteiger partial charge in [-0.05, 0) is 31.9 Å². The molecule has 0 atom stereocenters. The number of methoxy groups -OCH3 is 1. The van der Waals surface area contributed by atoms with Gasteiger partial charge in [0, 0.05) is 6.20 Å². The Kier molecular flexibility index (Phi) is 3.19. The Morgan fingerprint density at radius 3 is 2.81 bits per heavy atom. The molecule has 0 amide bonds. The van der Waals surface area contributed by atoms with E-state index in [2.05, 4.69) is 16.2 Å². The van der Waals surface area contributed by atoms with Gasteiger partial charge in [-0.2, -0.15) is 5.10 Å². The summed E-state index contributed by atoms with van der Waals surface area (Å²) in [6.07, 6.45) is 9.72. The van der Waals surface area contributed by atoms with Crippen molar-refractivity contribution in [1.82, 2.24) is 9.78 Å². The summed E-state index contributed by atoms with van der Waals surface area (Å²) in [6.45, 7) is 1.97. The van der Waals surface area contributed by atoms with Crippen LogP contribution in [0.2, 0.25) is 0 Å². The SMILES string of the molecule is COC1=C/CC/C=C(n2ccc(C)n2)/C=N\1. The highest BCUT2D eigenvalue weighted by Crippen LogP contribution is 2.11. The van der Waals surface area contributed by atoms with E-state index in [-0.39, 0.29) is 0 Å². The molecule has 0 spiro atoms. The summed E-state index contributed by atoms with van der Waals surface area (Å²) in [5.74, 6) is 0.662. The number of nitrogens with zero attached hydrogens (tertiary/aromatic N) is 3. The fourth-order valence-corrected chi connectivity index (χ4v) is 1.52. The van der Waals surface area contributed by atoms with Crippen molar-refractivity contribution in [3.05, 3.63) is 36.0 Å². The van der Waals surface area contributed by atoms with Crippen LogP contribution in [0.3, 0.4) is 0 Å². The molecule has 0 aromatic carbocycles. The molecule has 1 aliphatic heterocycles. The maximum atomic E-state index is 5.12. The topological polar surface area (TPSA) is 39.4 Å². The molecular weight excluding hydrogens is 202 g/mol. The van der Waals surface area contributed by atoms with E-state index < -0.39 is 0 Å². The molecule has 4 nitrogen and oxygen atoms in total. The zero-order chi connectivity index (χ0) is 11.4. The van der Waals surface area contributed by atoms with Crippen molar-refractivity contribution >= 4 is 11.9 Å². The highest BCUT2D eigenvalue weighted by Gasteiger charge is 2.02. The van der Waals surface area contributed by atoms with Crippen LogP contribution >= 0.6 is 0 Å². The molecule has 0 bridgehead atoms. The van der Waals surface area contributed by atoms with Crippen molar-refractivity contribution in [1.29, 1.82) is 0 Å². The number of aryl methyl sites for hydroxylation is 1. The summed E-state index contributed by atoms with van der Waals surface area (Å²) in [4.78, 5) is 4.25. The van der Waals surface area contributed by atoms with Crippen LogP contribution in [0.5, 0.6) is 0 Å². The average molecular weight is 217 g/mol. The van der Waals surface area contributed by atoms with Crippen molar-refractivity contribution in [3.63, 3.8) is 0 Å². The first-order valence-corrected chi connectivity index (χ1v) is 5.30. The highest BCUT2D eigenvalue weighted by molar-refractivity contribution is 6.02. The first kappa shape index (κ1) is 10.7. The summed E-state index contributed by atoms with van der Waals surface area (Å²) in [7, 11) is 1.63. The molecule has 84 valence electrons. The molecule has 0 saturated heterocycles. The van der Waals surface area contributed by atoms with E-state index in [4.69, 9.17) is 4.74 Å². The molecule has 1 aromatic rings. The summed E-state index contributed by atoms with van der Waals surface area (Å²) in [5, 5.41) is 4.35. The lowest BCUT2D eigenvalue weighted by atomic mass is 10.2. The first-order chi connectivity index (χ1) is 7.79. The van der Waals surface area contributed by atoms with Crippen LogP contribution in [0.4, 0.5) is 0 Å². The van der Waals surface area contributed by atoms with Crippen LogP contribution < -0.4 is 0 Å². The van der Waals surface area contributed by atoms with E-state index in [9.17, 15) is 0 Å². The number of allylic oxidation sites excluding steroid dienone is 3. The number of aromatic nitrogens is 2. The number of rotatable bonds is 2. The van der Waals surface area contributed by atoms with Gasteiger partial charge in [0.1, 0.15) is 0 Å². The molecule has 2 rings (SSSR count). The van der Waals surface area contributed by atoms with Gasteiger partial charge in [-0.15, -0.1) is 0 Å². The Balaban J connectivity index is 2.25. The van der Waals surface area contributed by atoms with Gasteiger partial charge in [0.15, 0.2) is 0 Å². The fraction of sp³-hybridized carbons (Fsp3) is 0.333. The molecular formula is C12H15N3O. The predicted molar refractivity (Wildman–Crippen MR) is 64.1 cm³/mol. The van der Waals surface area contributed by atoms with Crippen LogP contribution in [0, 0.1) is 6.92 Å². The predicted octanol–water partition coefficient (Wildman–Crippen LogP) is 2.38. The van der Waals surface area contributed by atoms with E-state index in [0.29, 0.717) is 5.88 Å². The smallest absolute Gasteiger partial charge is 0.208 e. The van der Waals surface area contributed by atoms with Crippen molar-refractivity contribution in [2.75, 3.05) is 7.11 Å².